The Balaban J connectivity index is 2.66. The van der Waals surface area contributed by atoms with E-state index in [1.165, 1.54) is 0 Å². The van der Waals surface area contributed by atoms with Crippen molar-refractivity contribution in [1.82, 2.24) is 0 Å². The van der Waals surface area contributed by atoms with E-state index in [1.807, 2.05) is 0 Å². The van der Waals surface area contributed by atoms with Gasteiger partial charge in [-0.2, -0.15) is 5.26 Å². The van der Waals surface area contributed by atoms with Crippen LogP contribution >= 0.6 is 0 Å². The summed E-state index contributed by atoms with van der Waals surface area (Å²) in [7, 11) is 0. The fourth-order valence-corrected chi connectivity index (χ4v) is 1.58. The van der Waals surface area contributed by atoms with Crippen molar-refractivity contribution in [2.24, 2.45) is 11.3 Å². The zero-order valence-corrected chi connectivity index (χ0v) is 7.42. The van der Waals surface area contributed by atoms with Crippen LogP contribution in [-0.4, -0.2) is 12.7 Å². The van der Waals surface area contributed by atoms with E-state index in [4.69, 9.17) is 10.00 Å². The lowest BCUT2D eigenvalue weighted by atomic mass is 9.82. The quantitative estimate of drug-likeness (QED) is 0.533. The Bertz CT molecular complexity index is 175. The summed E-state index contributed by atoms with van der Waals surface area (Å²) in [5.41, 5.74) is 0.108. The summed E-state index contributed by atoms with van der Waals surface area (Å²) >= 11 is 0. The molecule has 0 N–H and O–H groups in total. The maximum Gasteiger partial charge on any atom is 0.0782 e. The topological polar surface area (TPSA) is 33.0 Å². The molecule has 0 aromatic rings. The lowest BCUT2D eigenvalue weighted by Crippen LogP contribution is -2.30. The highest BCUT2D eigenvalue weighted by atomic mass is 16.5. The highest BCUT2D eigenvalue weighted by Crippen LogP contribution is 2.33. The van der Waals surface area contributed by atoms with Gasteiger partial charge in [0.25, 0.3) is 0 Å². The molecule has 0 saturated carbocycles. The third kappa shape index (κ3) is 1.72. The van der Waals surface area contributed by atoms with Crippen LogP contribution in [-0.2, 0) is 4.74 Å². The van der Waals surface area contributed by atoms with E-state index in [0.717, 1.165) is 13.0 Å². The molecule has 2 nitrogen and oxygen atoms in total. The molecule has 1 aliphatic rings. The van der Waals surface area contributed by atoms with Gasteiger partial charge < -0.3 is 4.74 Å². The summed E-state index contributed by atoms with van der Waals surface area (Å²) in [6.45, 7) is 7.11. The van der Waals surface area contributed by atoms with Crippen LogP contribution in [0.4, 0.5) is 0 Å². The van der Waals surface area contributed by atoms with Gasteiger partial charge in [0.15, 0.2) is 0 Å². The molecule has 1 fully saturated rings. The highest BCUT2D eigenvalue weighted by molar-refractivity contribution is 4.97. The van der Waals surface area contributed by atoms with E-state index in [1.54, 1.807) is 0 Å². The molecule has 11 heavy (non-hydrogen) atoms. The predicted molar refractivity (Wildman–Crippen MR) is 42.9 cm³/mol. The molecule has 0 unspecified atom stereocenters. The first-order valence-electron chi connectivity index (χ1n) is 4.07. The van der Waals surface area contributed by atoms with Gasteiger partial charge in [0.2, 0.25) is 0 Å². The van der Waals surface area contributed by atoms with E-state index in [-0.39, 0.29) is 17.4 Å². The maximum absolute atomic E-state index is 8.77. The molecule has 0 radical (unpaired) electrons. The van der Waals surface area contributed by atoms with Crippen LogP contribution in [0.5, 0.6) is 0 Å². The van der Waals surface area contributed by atoms with Crippen molar-refractivity contribution >= 4 is 0 Å². The molecule has 1 aliphatic heterocycles. The predicted octanol–water partition coefficient (Wildman–Crippen LogP) is 1.96. The van der Waals surface area contributed by atoms with Crippen molar-refractivity contribution < 1.29 is 4.74 Å². The standard InChI is InChI=1S/C9H15NO/c1-9(2,3)8-7(6-10)4-5-11-8/h7-8H,4-5H2,1-3H3/t7-,8+/m0/s1. The first-order chi connectivity index (χ1) is 5.05. The van der Waals surface area contributed by atoms with Gasteiger partial charge in [-0.1, -0.05) is 20.8 Å². The number of nitrogens with zero attached hydrogens (tertiary/aromatic N) is 1. The number of ether oxygens (including phenoxy) is 1. The number of nitriles is 1. The van der Waals surface area contributed by atoms with Crippen molar-refractivity contribution in [3.05, 3.63) is 0 Å². The largest absolute Gasteiger partial charge is 0.376 e. The molecule has 1 saturated heterocycles. The summed E-state index contributed by atoms with van der Waals surface area (Å²) in [5.74, 6) is 0.106. The third-order valence-corrected chi connectivity index (χ3v) is 2.11. The molecule has 0 bridgehead atoms. The van der Waals surface area contributed by atoms with Gasteiger partial charge in [0.05, 0.1) is 18.1 Å². The molecule has 1 rings (SSSR count). The Morgan fingerprint density at radius 3 is 2.45 bits per heavy atom. The minimum absolute atomic E-state index is 0.106. The number of hydrogen-bond acceptors (Lipinski definition) is 2. The molecule has 2 atom stereocenters. The lowest BCUT2D eigenvalue weighted by Gasteiger charge is -2.27. The minimum atomic E-state index is 0.106. The lowest BCUT2D eigenvalue weighted by molar-refractivity contribution is 0.0169. The van der Waals surface area contributed by atoms with E-state index in [0.29, 0.717) is 0 Å². The fourth-order valence-electron chi connectivity index (χ4n) is 1.58. The van der Waals surface area contributed by atoms with E-state index < -0.39 is 0 Å². The van der Waals surface area contributed by atoms with Gasteiger partial charge in [-0.05, 0) is 11.8 Å². The van der Waals surface area contributed by atoms with Crippen LogP contribution in [0.3, 0.4) is 0 Å². The second-order valence-electron chi connectivity index (χ2n) is 4.18. The summed E-state index contributed by atoms with van der Waals surface area (Å²) in [4.78, 5) is 0. The van der Waals surface area contributed by atoms with Gasteiger partial charge in [0, 0.05) is 6.61 Å². The van der Waals surface area contributed by atoms with Crippen LogP contribution < -0.4 is 0 Å². The summed E-state index contributed by atoms with van der Waals surface area (Å²) in [6, 6.07) is 2.30. The van der Waals surface area contributed by atoms with Gasteiger partial charge in [0.1, 0.15) is 0 Å². The zero-order valence-electron chi connectivity index (χ0n) is 7.42. The van der Waals surface area contributed by atoms with Gasteiger partial charge >= 0.3 is 0 Å². The first kappa shape index (κ1) is 8.55. The SMILES string of the molecule is CC(C)(C)[C@@H]1OCC[C@H]1C#N. The zero-order chi connectivity index (χ0) is 8.48. The average molecular weight is 153 g/mol. The molecule has 62 valence electrons. The molecule has 0 aliphatic carbocycles. The smallest absolute Gasteiger partial charge is 0.0782 e. The molecule has 0 aromatic heterocycles. The van der Waals surface area contributed by atoms with E-state index >= 15 is 0 Å². The number of hydrogen-bond donors (Lipinski definition) is 0. The molecular weight excluding hydrogens is 138 g/mol. The van der Waals surface area contributed by atoms with Crippen molar-refractivity contribution in [3.63, 3.8) is 0 Å². The Labute approximate surface area is 68.2 Å². The second kappa shape index (κ2) is 2.83. The average Bonchev–Trinajstić information content (AvgIpc) is 2.31. The van der Waals surface area contributed by atoms with Crippen LogP contribution in [0.1, 0.15) is 27.2 Å². The van der Waals surface area contributed by atoms with Crippen molar-refractivity contribution in [3.8, 4) is 6.07 Å². The molecule has 0 aromatic carbocycles. The van der Waals surface area contributed by atoms with Crippen molar-refractivity contribution in [2.75, 3.05) is 6.61 Å². The van der Waals surface area contributed by atoms with Crippen LogP contribution in [0.2, 0.25) is 0 Å². The number of rotatable bonds is 0. The van der Waals surface area contributed by atoms with Gasteiger partial charge in [-0.3, -0.25) is 0 Å². The highest BCUT2D eigenvalue weighted by Gasteiger charge is 2.37. The summed E-state index contributed by atoms with van der Waals surface area (Å²) in [5, 5.41) is 8.77. The minimum Gasteiger partial charge on any atom is -0.376 e. The maximum atomic E-state index is 8.77. The fraction of sp³-hybridized carbons (Fsp3) is 0.889. The molecule has 1 heterocycles. The summed E-state index contributed by atoms with van der Waals surface area (Å²) in [6.07, 6.45) is 1.03. The van der Waals surface area contributed by atoms with E-state index in [2.05, 4.69) is 26.8 Å². The van der Waals surface area contributed by atoms with Crippen LogP contribution in [0.15, 0.2) is 0 Å². The van der Waals surface area contributed by atoms with E-state index in [9.17, 15) is 0 Å². The van der Waals surface area contributed by atoms with Crippen molar-refractivity contribution in [2.45, 2.75) is 33.3 Å². The van der Waals surface area contributed by atoms with Gasteiger partial charge in [-0.25, -0.2) is 0 Å². The normalized spacial score (nSPS) is 31.8. The Kier molecular flexibility index (Phi) is 2.20. The first-order valence-corrected chi connectivity index (χ1v) is 4.07. The molecule has 0 spiro atoms. The second-order valence-corrected chi connectivity index (χ2v) is 4.18. The molecule has 0 amide bonds. The van der Waals surface area contributed by atoms with Crippen LogP contribution in [0.25, 0.3) is 0 Å². The third-order valence-electron chi connectivity index (χ3n) is 2.11. The monoisotopic (exact) mass is 153 g/mol. The Morgan fingerprint density at radius 2 is 2.09 bits per heavy atom. The van der Waals surface area contributed by atoms with Crippen LogP contribution in [0, 0.1) is 22.7 Å². The van der Waals surface area contributed by atoms with Gasteiger partial charge in [-0.15, -0.1) is 0 Å². The molecular formula is C9H15NO. The molecule has 2 heteroatoms. The Morgan fingerprint density at radius 1 is 1.45 bits per heavy atom. The van der Waals surface area contributed by atoms with Crippen molar-refractivity contribution in [1.29, 1.82) is 5.26 Å². The Hall–Kier alpha value is -0.550. The summed E-state index contributed by atoms with van der Waals surface area (Å²) < 4.78 is 5.50.